The lowest BCUT2D eigenvalue weighted by Crippen LogP contribution is -2.40. The largest absolute Gasteiger partial charge is 0.314 e. The highest BCUT2D eigenvalue weighted by Crippen LogP contribution is 2.24. The second kappa shape index (κ2) is 6.67. The molecule has 0 aliphatic carbocycles. The van der Waals surface area contributed by atoms with Crippen molar-refractivity contribution in [3.05, 3.63) is 34.1 Å². The maximum Gasteiger partial charge on any atom is 0.137 e. The molecule has 3 heteroatoms. The maximum atomic E-state index is 13.1. The molecule has 1 rings (SSSR count). The molecule has 0 amide bonds. The third kappa shape index (κ3) is 4.69. The third-order valence-corrected chi connectivity index (χ3v) is 3.81. The lowest BCUT2D eigenvalue weighted by molar-refractivity contribution is 0.258. The van der Waals surface area contributed by atoms with Gasteiger partial charge in [-0.2, -0.15) is 0 Å². The Morgan fingerprint density at radius 2 is 2.00 bits per heavy atom. The molecule has 102 valence electrons. The molecule has 1 N–H and O–H groups in total. The lowest BCUT2D eigenvalue weighted by Gasteiger charge is -2.31. The highest BCUT2D eigenvalue weighted by molar-refractivity contribution is 9.10. The Morgan fingerprint density at radius 3 is 2.50 bits per heavy atom. The van der Waals surface area contributed by atoms with Crippen molar-refractivity contribution in [3.63, 3.8) is 0 Å². The Morgan fingerprint density at radius 1 is 1.33 bits per heavy atom. The zero-order valence-electron chi connectivity index (χ0n) is 11.7. The van der Waals surface area contributed by atoms with E-state index in [4.69, 9.17) is 0 Å². The summed E-state index contributed by atoms with van der Waals surface area (Å²) in [5.74, 6) is -0.196. The first kappa shape index (κ1) is 15.6. The molecule has 1 aromatic rings. The Balaban J connectivity index is 2.64. The van der Waals surface area contributed by atoms with Crippen LogP contribution in [0.1, 0.15) is 39.7 Å². The second-order valence-electron chi connectivity index (χ2n) is 5.76. The van der Waals surface area contributed by atoms with E-state index in [-0.39, 0.29) is 11.2 Å². The third-order valence-electron chi connectivity index (χ3n) is 3.20. The van der Waals surface area contributed by atoms with Crippen molar-refractivity contribution in [1.82, 2.24) is 5.32 Å². The Kier molecular flexibility index (Phi) is 5.80. The summed E-state index contributed by atoms with van der Waals surface area (Å²) >= 11 is 3.23. The number of aryl methyl sites for hydroxylation is 1. The normalized spacial score (nSPS) is 13.7. The van der Waals surface area contributed by atoms with Crippen molar-refractivity contribution >= 4 is 15.9 Å². The van der Waals surface area contributed by atoms with Gasteiger partial charge in [0.2, 0.25) is 0 Å². The fourth-order valence-corrected chi connectivity index (χ4v) is 2.52. The molecule has 0 fully saturated rings. The predicted octanol–water partition coefficient (Wildman–Crippen LogP) is 4.55. The minimum absolute atomic E-state index is 0.196. The first-order valence-corrected chi connectivity index (χ1v) is 7.31. The van der Waals surface area contributed by atoms with Crippen LogP contribution in [0.3, 0.4) is 0 Å². The van der Waals surface area contributed by atoms with E-state index in [0.29, 0.717) is 10.5 Å². The topological polar surface area (TPSA) is 12.0 Å². The van der Waals surface area contributed by atoms with Gasteiger partial charge in [-0.3, -0.25) is 0 Å². The van der Waals surface area contributed by atoms with Gasteiger partial charge in [0.05, 0.1) is 4.47 Å². The fourth-order valence-electron chi connectivity index (χ4n) is 2.09. The van der Waals surface area contributed by atoms with Crippen LogP contribution in [-0.4, -0.2) is 12.6 Å². The van der Waals surface area contributed by atoms with E-state index in [0.717, 1.165) is 19.4 Å². The van der Waals surface area contributed by atoms with Crippen LogP contribution in [0.25, 0.3) is 0 Å². The Labute approximate surface area is 118 Å². The molecule has 0 saturated carbocycles. The van der Waals surface area contributed by atoms with Gasteiger partial charge >= 0.3 is 0 Å². The van der Waals surface area contributed by atoms with Gasteiger partial charge in [-0.15, -0.1) is 0 Å². The highest BCUT2D eigenvalue weighted by Gasteiger charge is 2.23. The number of halogens is 2. The van der Waals surface area contributed by atoms with Crippen molar-refractivity contribution in [3.8, 4) is 0 Å². The van der Waals surface area contributed by atoms with Gasteiger partial charge in [-0.05, 0) is 58.4 Å². The Hall–Kier alpha value is -0.410. The molecule has 0 aliphatic heterocycles. The van der Waals surface area contributed by atoms with Crippen LogP contribution in [-0.2, 0) is 6.42 Å². The molecule has 0 bridgehead atoms. The minimum atomic E-state index is -0.196. The van der Waals surface area contributed by atoms with Crippen molar-refractivity contribution in [2.45, 2.75) is 46.6 Å². The first-order valence-electron chi connectivity index (χ1n) is 6.52. The molecule has 0 radical (unpaired) electrons. The number of benzene rings is 1. The first-order chi connectivity index (χ1) is 8.34. The summed E-state index contributed by atoms with van der Waals surface area (Å²) in [5.41, 5.74) is 1.42. The van der Waals surface area contributed by atoms with Crippen LogP contribution in [0, 0.1) is 11.2 Å². The summed E-state index contributed by atoms with van der Waals surface area (Å²) in [6.07, 6.45) is 2.03. The molecule has 0 aromatic heterocycles. The van der Waals surface area contributed by atoms with E-state index in [2.05, 4.69) is 48.9 Å². The monoisotopic (exact) mass is 315 g/mol. The maximum absolute atomic E-state index is 13.1. The molecule has 1 aromatic carbocycles. The van der Waals surface area contributed by atoms with Gasteiger partial charge in [-0.1, -0.05) is 33.8 Å². The molecule has 1 nitrogen and oxygen atoms in total. The highest BCUT2D eigenvalue weighted by atomic mass is 79.9. The number of hydrogen-bond acceptors (Lipinski definition) is 1. The van der Waals surface area contributed by atoms with Crippen molar-refractivity contribution in [2.24, 2.45) is 5.41 Å². The SMILES string of the molecule is CCNC(CCc1ccc(F)c(Br)c1)C(C)(C)C. The zero-order chi connectivity index (χ0) is 13.8. The van der Waals surface area contributed by atoms with Crippen LogP contribution in [0.4, 0.5) is 4.39 Å². The van der Waals surface area contributed by atoms with E-state index in [9.17, 15) is 4.39 Å². The predicted molar refractivity (Wildman–Crippen MR) is 79.3 cm³/mol. The fraction of sp³-hybridized carbons (Fsp3) is 0.600. The summed E-state index contributed by atoms with van der Waals surface area (Å²) in [7, 11) is 0. The van der Waals surface area contributed by atoms with Gasteiger partial charge in [0.1, 0.15) is 5.82 Å². The molecule has 1 atom stereocenters. The quantitative estimate of drug-likeness (QED) is 0.840. The summed E-state index contributed by atoms with van der Waals surface area (Å²) < 4.78 is 13.7. The molecule has 18 heavy (non-hydrogen) atoms. The van der Waals surface area contributed by atoms with E-state index in [1.54, 1.807) is 0 Å². The lowest BCUT2D eigenvalue weighted by atomic mass is 9.83. The standard InChI is InChI=1S/C15H23BrFN/c1-5-18-14(15(2,3)4)9-7-11-6-8-13(17)12(16)10-11/h6,8,10,14,18H,5,7,9H2,1-4H3. The van der Waals surface area contributed by atoms with Crippen LogP contribution in [0.15, 0.2) is 22.7 Å². The van der Waals surface area contributed by atoms with Gasteiger partial charge in [0.25, 0.3) is 0 Å². The number of rotatable bonds is 5. The van der Waals surface area contributed by atoms with Crippen LogP contribution in [0.5, 0.6) is 0 Å². The summed E-state index contributed by atoms with van der Waals surface area (Å²) in [6, 6.07) is 5.75. The average Bonchev–Trinajstić information content (AvgIpc) is 2.27. The van der Waals surface area contributed by atoms with Gasteiger partial charge < -0.3 is 5.32 Å². The molecule has 1 unspecified atom stereocenters. The van der Waals surface area contributed by atoms with Gasteiger partial charge in [0, 0.05) is 6.04 Å². The van der Waals surface area contributed by atoms with Crippen molar-refractivity contribution in [2.75, 3.05) is 6.54 Å². The molecule has 0 heterocycles. The van der Waals surface area contributed by atoms with E-state index in [1.807, 2.05) is 12.1 Å². The zero-order valence-corrected chi connectivity index (χ0v) is 13.3. The molecule has 0 spiro atoms. The Bertz CT molecular complexity index is 385. The summed E-state index contributed by atoms with van der Waals surface area (Å²) in [6.45, 7) is 9.87. The molecular weight excluding hydrogens is 293 g/mol. The summed E-state index contributed by atoms with van der Waals surface area (Å²) in [4.78, 5) is 0. The van der Waals surface area contributed by atoms with E-state index >= 15 is 0 Å². The van der Waals surface area contributed by atoms with Crippen molar-refractivity contribution < 1.29 is 4.39 Å². The second-order valence-corrected chi connectivity index (χ2v) is 6.62. The van der Waals surface area contributed by atoms with Crippen LogP contribution < -0.4 is 5.32 Å². The number of nitrogens with one attached hydrogen (secondary N) is 1. The van der Waals surface area contributed by atoms with Crippen LogP contribution in [0.2, 0.25) is 0 Å². The van der Waals surface area contributed by atoms with E-state index < -0.39 is 0 Å². The van der Waals surface area contributed by atoms with Gasteiger partial charge in [-0.25, -0.2) is 4.39 Å². The smallest absolute Gasteiger partial charge is 0.137 e. The molecular formula is C15H23BrFN. The van der Waals surface area contributed by atoms with E-state index in [1.165, 1.54) is 11.6 Å². The summed E-state index contributed by atoms with van der Waals surface area (Å²) in [5, 5.41) is 3.53. The molecule has 0 aliphatic rings. The van der Waals surface area contributed by atoms with Crippen molar-refractivity contribution in [1.29, 1.82) is 0 Å². The number of hydrogen-bond donors (Lipinski definition) is 1. The molecule has 0 saturated heterocycles. The average molecular weight is 316 g/mol. The van der Waals surface area contributed by atoms with Crippen LogP contribution >= 0.6 is 15.9 Å². The van der Waals surface area contributed by atoms with Gasteiger partial charge in [0.15, 0.2) is 0 Å². The minimum Gasteiger partial charge on any atom is -0.314 e.